The lowest BCUT2D eigenvalue weighted by Gasteiger charge is -2.09. The molecule has 1 N–H and O–H groups in total. The van der Waals surface area contributed by atoms with Crippen LogP contribution in [0.15, 0.2) is 48.7 Å². The number of nitrogens with zero attached hydrogens (tertiary/aromatic N) is 3. The third kappa shape index (κ3) is 4.02. The van der Waals surface area contributed by atoms with Gasteiger partial charge in [0.05, 0.1) is 15.9 Å². The summed E-state index contributed by atoms with van der Waals surface area (Å²) in [5.74, 6) is 0.427. The van der Waals surface area contributed by atoms with Gasteiger partial charge in [0, 0.05) is 56.4 Å². The Morgan fingerprint density at radius 3 is 2.61 bits per heavy atom. The Labute approximate surface area is 195 Å². The molecule has 168 valence electrons. The van der Waals surface area contributed by atoms with E-state index in [1.165, 1.54) is 0 Å². The van der Waals surface area contributed by atoms with Crippen molar-refractivity contribution in [3.8, 4) is 11.3 Å². The highest BCUT2D eigenvalue weighted by atomic mass is 32.1. The van der Waals surface area contributed by atoms with E-state index in [0.717, 1.165) is 39.4 Å². The number of thiazole rings is 1. The van der Waals surface area contributed by atoms with E-state index < -0.39 is 0 Å². The summed E-state index contributed by atoms with van der Waals surface area (Å²) >= 11 is 1.55. The molecule has 0 radical (unpaired) electrons. The molecule has 2 amide bonds. The lowest BCUT2D eigenvalue weighted by Crippen LogP contribution is -2.19. The van der Waals surface area contributed by atoms with E-state index in [9.17, 15) is 14.4 Å². The molecule has 0 spiro atoms. The van der Waals surface area contributed by atoms with Crippen molar-refractivity contribution in [2.45, 2.75) is 19.3 Å². The molecule has 1 atom stereocenters. The molecule has 7 nitrogen and oxygen atoms in total. The number of rotatable bonds is 6. The summed E-state index contributed by atoms with van der Waals surface area (Å²) < 4.78 is 3.05. The molecule has 1 aliphatic rings. The number of amides is 2. The van der Waals surface area contributed by atoms with Crippen LogP contribution in [0.3, 0.4) is 0 Å². The number of nitrogens with one attached hydrogen (secondary N) is 1. The van der Waals surface area contributed by atoms with Gasteiger partial charge in [0.15, 0.2) is 10.7 Å². The van der Waals surface area contributed by atoms with Crippen molar-refractivity contribution in [2.75, 3.05) is 20.6 Å². The first kappa shape index (κ1) is 21.3. The van der Waals surface area contributed by atoms with Crippen LogP contribution >= 0.6 is 11.3 Å². The molecule has 1 unspecified atom stereocenters. The number of imidazole rings is 1. The number of hydrogen-bond donors (Lipinski definition) is 1. The van der Waals surface area contributed by atoms with Crippen LogP contribution in [0.5, 0.6) is 0 Å². The molecule has 2 aromatic heterocycles. The number of likely N-dealkylation sites (tertiary alicyclic amines) is 1. The topological polar surface area (TPSA) is 83.8 Å². The lowest BCUT2D eigenvalue weighted by molar-refractivity contribution is -0.126. The van der Waals surface area contributed by atoms with Gasteiger partial charge in [0.1, 0.15) is 0 Å². The van der Waals surface area contributed by atoms with Crippen LogP contribution < -0.4 is 5.32 Å². The summed E-state index contributed by atoms with van der Waals surface area (Å²) in [6.45, 7) is 0.740. The normalized spacial score (nSPS) is 16.1. The second-order valence-corrected chi connectivity index (χ2v) is 9.54. The minimum Gasteiger partial charge on any atom is -0.355 e. The van der Waals surface area contributed by atoms with Crippen LogP contribution in [-0.2, 0) is 4.79 Å². The molecule has 2 aromatic carbocycles. The van der Waals surface area contributed by atoms with Crippen molar-refractivity contribution in [2.24, 2.45) is 5.92 Å². The number of carbonyl (C=O) groups excluding carboxylic acids is 3. The van der Waals surface area contributed by atoms with E-state index in [1.54, 1.807) is 35.4 Å². The summed E-state index contributed by atoms with van der Waals surface area (Å²) in [5.41, 5.74) is 4.10. The minimum atomic E-state index is -0.118. The molecule has 0 saturated carbocycles. The van der Waals surface area contributed by atoms with Crippen molar-refractivity contribution in [3.05, 3.63) is 59.8 Å². The molecule has 5 rings (SSSR count). The van der Waals surface area contributed by atoms with Crippen LogP contribution in [0.4, 0.5) is 0 Å². The Morgan fingerprint density at radius 1 is 1.15 bits per heavy atom. The first-order chi connectivity index (χ1) is 15.9. The van der Waals surface area contributed by atoms with Gasteiger partial charge in [0.2, 0.25) is 5.91 Å². The predicted octanol–water partition coefficient (Wildman–Crippen LogP) is 4.02. The molecule has 0 aliphatic carbocycles. The maximum atomic E-state index is 12.8. The smallest absolute Gasteiger partial charge is 0.251 e. The maximum absolute atomic E-state index is 12.8. The van der Waals surface area contributed by atoms with Gasteiger partial charge in [0.25, 0.3) is 5.91 Å². The molecule has 1 aliphatic heterocycles. The SMILES string of the molecule is CNC(=O)c1ccc(-c2cn3c(n2)sc2cc(C(=O)CCC4CC(=O)N(C)C4)ccc23)cc1. The van der Waals surface area contributed by atoms with E-state index >= 15 is 0 Å². The Morgan fingerprint density at radius 2 is 1.91 bits per heavy atom. The zero-order valence-corrected chi connectivity index (χ0v) is 19.3. The first-order valence-corrected chi connectivity index (χ1v) is 11.8. The fourth-order valence-corrected chi connectivity index (χ4v) is 5.43. The summed E-state index contributed by atoms with van der Waals surface area (Å²) in [6, 6.07) is 13.2. The van der Waals surface area contributed by atoms with Gasteiger partial charge in [-0.1, -0.05) is 23.5 Å². The molecular weight excluding hydrogens is 436 g/mol. The van der Waals surface area contributed by atoms with Crippen LogP contribution in [0.25, 0.3) is 26.4 Å². The standard InChI is InChI=1S/C25H24N4O3S/c1-26-24(32)17-6-4-16(5-7-17)19-14-29-20-9-8-18(12-22(20)33-25(29)27-19)21(30)10-3-15-11-23(31)28(2)13-15/h4-9,12,14-15H,3,10-11,13H2,1-2H3,(H,26,32). The highest BCUT2D eigenvalue weighted by Gasteiger charge is 2.27. The van der Waals surface area contributed by atoms with Crippen molar-refractivity contribution in [1.29, 1.82) is 0 Å². The Balaban J connectivity index is 1.34. The van der Waals surface area contributed by atoms with Gasteiger partial charge in [-0.15, -0.1) is 0 Å². The van der Waals surface area contributed by atoms with Crippen LogP contribution in [0.2, 0.25) is 0 Å². The summed E-state index contributed by atoms with van der Waals surface area (Å²) in [5, 5.41) is 2.62. The van der Waals surface area contributed by atoms with Crippen LogP contribution in [0, 0.1) is 5.92 Å². The largest absolute Gasteiger partial charge is 0.355 e. The average Bonchev–Trinajstić information content (AvgIpc) is 3.49. The Bertz CT molecular complexity index is 1390. The summed E-state index contributed by atoms with van der Waals surface area (Å²) in [6.07, 6.45) is 3.72. The molecule has 1 saturated heterocycles. The summed E-state index contributed by atoms with van der Waals surface area (Å²) in [7, 11) is 3.43. The monoisotopic (exact) mass is 460 g/mol. The van der Waals surface area contributed by atoms with Gasteiger partial charge >= 0.3 is 0 Å². The van der Waals surface area contributed by atoms with E-state index in [4.69, 9.17) is 4.98 Å². The minimum absolute atomic E-state index is 0.113. The quantitative estimate of drug-likeness (QED) is 0.441. The summed E-state index contributed by atoms with van der Waals surface area (Å²) in [4.78, 5) is 43.5. The van der Waals surface area contributed by atoms with Gasteiger partial charge in [-0.3, -0.25) is 18.8 Å². The number of benzene rings is 2. The van der Waals surface area contributed by atoms with Gasteiger partial charge in [-0.25, -0.2) is 4.98 Å². The van der Waals surface area contributed by atoms with Crippen LogP contribution in [-0.4, -0.2) is 52.5 Å². The van der Waals surface area contributed by atoms with Crippen molar-refractivity contribution < 1.29 is 14.4 Å². The van der Waals surface area contributed by atoms with E-state index in [1.807, 2.05) is 48.0 Å². The molecule has 8 heteroatoms. The number of Topliss-reactive ketones (excluding diaryl/α,β-unsaturated/α-hetero) is 1. The lowest BCUT2D eigenvalue weighted by atomic mass is 9.98. The van der Waals surface area contributed by atoms with Crippen LogP contribution in [0.1, 0.15) is 40.0 Å². The fraction of sp³-hybridized carbons (Fsp3) is 0.280. The molecule has 3 heterocycles. The molecule has 1 fully saturated rings. The van der Waals surface area contributed by atoms with E-state index in [-0.39, 0.29) is 23.5 Å². The molecule has 0 bridgehead atoms. The molecule has 4 aromatic rings. The van der Waals surface area contributed by atoms with Gasteiger partial charge in [-0.2, -0.15) is 0 Å². The zero-order chi connectivity index (χ0) is 23.1. The van der Waals surface area contributed by atoms with Crippen molar-refractivity contribution in [3.63, 3.8) is 0 Å². The number of carbonyl (C=O) groups is 3. The third-order valence-electron chi connectivity index (χ3n) is 6.29. The average molecular weight is 461 g/mol. The highest BCUT2D eigenvalue weighted by Crippen LogP contribution is 2.31. The molecule has 33 heavy (non-hydrogen) atoms. The van der Waals surface area contributed by atoms with Crippen molar-refractivity contribution >= 4 is 44.1 Å². The number of aromatic nitrogens is 2. The number of hydrogen-bond acceptors (Lipinski definition) is 5. The fourth-order valence-electron chi connectivity index (χ4n) is 4.38. The first-order valence-electron chi connectivity index (χ1n) is 10.9. The maximum Gasteiger partial charge on any atom is 0.251 e. The van der Waals surface area contributed by atoms with Gasteiger partial charge < -0.3 is 10.2 Å². The van der Waals surface area contributed by atoms with E-state index in [0.29, 0.717) is 24.0 Å². The van der Waals surface area contributed by atoms with Gasteiger partial charge in [-0.05, 0) is 42.7 Å². The third-order valence-corrected chi connectivity index (χ3v) is 7.30. The highest BCUT2D eigenvalue weighted by molar-refractivity contribution is 7.23. The zero-order valence-electron chi connectivity index (χ0n) is 18.5. The Hall–Kier alpha value is -3.52. The second-order valence-electron chi connectivity index (χ2n) is 8.53. The number of fused-ring (bicyclic) bond motifs is 3. The second kappa shape index (κ2) is 8.44. The predicted molar refractivity (Wildman–Crippen MR) is 129 cm³/mol. The molecular formula is C25H24N4O3S. The Kier molecular flexibility index (Phi) is 5.46. The van der Waals surface area contributed by atoms with Crippen molar-refractivity contribution in [1.82, 2.24) is 19.6 Å². The van der Waals surface area contributed by atoms with E-state index in [2.05, 4.69) is 5.32 Å². The number of ketones is 1.